The number of benzene rings is 1. The highest BCUT2D eigenvalue weighted by molar-refractivity contribution is 14.1. The Morgan fingerprint density at radius 2 is 1.93 bits per heavy atom. The Morgan fingerprint density at radius 1 is 1.29 bits per heavy atom. The van der Waals surface area contributed by atoms with Crippen LogP contribution in [0.1, 0.15) is 25.3 Å². The van der Waals surface area contributed by atoms with Gasteiger partial charge in [-0.15, -0.1) is 0 Å². The summed E-state index contributed by atoms with van der Waals surface area (Å²) < 4.78 is 12.7. The van der Waals surface area contributed by atoms with Gasteiger partial charge in [0.25, 0.3) is 0 Å². The van der Waals surface area contributed by atoms with Crippen LogP contribution in [-0.4, -0.2) is 9.96 Å². The molecule has 1 aromatic carbocycles. The van der Waals surface area contributed by atoms with Gasteiger partial charge in [-0.25, -0.2) is 0 Å². The van der Waals surface area contributed by atoms with Gasteiger partial charge < -0.3 is 0 Å². The molecule has 0 saturated heterocycles. The summed E-state index contributed by atoms with van der Waals surface area (Å²) in [6, 6.07) is 8.09. The Kier molecular flexibility index (Phi) is 5.70. The Morgan fingerprint density at radius 3 is 2.43 bits per heavy atom. The van der Waals surface area contributed by atoms with Crippen LogP contribution >= 0.6 is 22.6 Å². The summed E-state index contributed by atoms with van der Waals surface area (Å²) >= 11 is 2.33. The molecule has 1 aromatic rings. The second kappa shape index (κ2) is 6.56. The minimum Gasteiger partial charge on any atom is -0.254 e. The van der Waals surface area contributed by atoms with E-state index in [-0.39, 0.29) is 0 Å². The minimum atomic E-state index is -0.796. The number of unbranched alkanes of at least 4 members (excludes halogenated alkanes) is 1. The zero-order valence-electron chi connectivity index (χ0n) is 8.33. The highest BCUT2D eigenvalue weighted by Crippen LogP contribution is 2.12. The first-order valence-electron chi connectivity index (χ1n) is 4.81. The van der Waals surface area contributed by atoms with Gasteiger partial charge >= 0.3 is 0 Å². The van der Waals surface area contributed by atoms with Crippen molar-refractivity contribution in [2.45, 2.75) is 29.1 Å². The Balaban J connectivity index is 2.62. The second-order valence-electron chi connectivity index (χ2n) is 3.18. The van der Waals surface area contributed by atoms with E-state index in [4.69, 9.17) is 0 Å². The van der Waals surface area contributed by atoms with E-state index in [2.05, 4.69) is 41.6 Å². The topological polar surface area (TPSA) is 17.1 Å². The third kappa shape index (κ3) is 3.69. The highest BCUT2D eigenvalue weighted by atomic mass is 127. The molecule has 1 rings (SSSR count). The molecule has 0 saturated carbocycles. The van der Waals surface area contributed by atoms with Gasteiger partial charge in [0.2, 0.25) is 0 Å². The zero-order valence-corrected chi connectivity index (χ0v) is 11.3. The van der Waals surface area contributed by atoms with E-state index in [9.17, 15) is 4.21 Å². The van der Waals surface area contributed by atoms with E-state index < -0.39 is 10.8 Å². The number of alkyl halides is 1. The van der Waals surface area contributed by atoms with Crippen molar-refractivity contribution >= 4 is 33.4 Å². The fraction of sp³-hybridized carbons (Fsp3) is 0.455. The molecule has 0 N–H and O–H groups in total. The fourth-order valence-electron chi connectivity index (χ4n) is 1.12. The molecule has 0 aliphatic rings. The van der Waals surface area contributed by atoms with Crippen LogP contribution in [0, 0.1) is 0 Å². The first-order chi connectivity index (χ1) is 6.77. The van der Waals surface area contributed by atoms with Crippen LogP contribution in [0.25, 0.3) is 0 Å². The lowest BCUT2D eigenvalue weighted by atomic mass is 10.2. The molecule has 1 atom stereocenters. The first kappa shape index (κ1) is 12.2. The van der Waals surface area contributed by atoms with Crippen LogP contribution in [-0.2, 0) is 15.2 Å². The van der Waals surface area contributed by atoms with Crippen molar-refractivity contribution in [1.29, 1.82) is 0 Å². The molecule has 0 bridgehead atoms. The SMILES string of the molecule is CCCCS(=O)c1ccc(CI)cc1. The van der Waals surface area contributed by atoms with Crippen LogP contribution in [0.3, 0.4) is 0 Å². The van der Waals surface area contributed by atoms with Crippen molar-refractivity contribution < 1.29 is 4.21 Å². The van der Waals surface area contributed by atoms with Gasteiger partial charge in [0.05, 0.1) is 10.8 Å². The summed E-state index contributed by atoms with van der Waals surface area (Å²) in [5.41, 5.74) is 1.29. The third-order valence-electron chi connectivity index (χ3n) is 2.02. The minimum absolute atomic E-state index is 0.792. The maximum Gasteiger partial charge on any atom is 0.0529 e. The molecule has 78 valence electrons. The maximum atomic E-state index is 11.7. The molecule has 0 fully saturated rings. The summed E-state index contributed by atoms with van der Waals surface area (Å²) in [6.07, 6.45) is 2.15. The highest BCUT2D eigenvalue weighted by Gasteiger charge is 2.02. The summed E-state index contributed by atoms with van der Waals surface area (Å²) in [5.74, 6) is 0.792. The average molecular weight is 322 g/mol. The van der Waals surface area contributed by atoms with Gasteiger partial charge in [-0.05, 0) is 24.1 Å². The van der Waals surface area contributed by atoms with Gasteiger partial charge in [-0.1, -0.05) is 48.1 Å². The first-order valence-corrected chi connectivity index (χ1v) is 7.65. The quantitative estimate of drug-likeness (QED) is 0.599. The van der Waals surface area contributed by atoms with Gasteiger partial charge in [-0.3, -0.25) is 4.21 Å². The van der Waals surface area contributed by atoms with Crippen molar-refractivity contribution in [3.05, 3.63) is 29.8 Å². The predicted octanol–water partition coefficient (Wildman–Crippen LogP) is 3.53. The monoisotopic (exact) mass is 322 g/mol. The smallest absolute Gasteiger partial charge is 0.0529 e. The van der Waals surface area contributed by atoms with E-state index in [0.717, 1.165) is 27.9 Å². The molecule has 0 heterocycles. The average Bonchev–Trinajstić information content (AvgIpc) is 2.26. The zero-order chi connectivity index (χ0) is 10.4. The van der Waals surface area contributed by atoms with E-state index >= 15 is 0 Å². The normalized spacial score (nSPS) is 12.7. The number of hydrogen-bond donors (Lipinski definition) is 0. The van der Waals surface area contributed by atoms with Crippen LogP contribution in [0.15, 0.2) is 29.2 Å². The van der Waals surface area contributed by atoms with Crippen LogP contribution < -0.4 is 0 Å². The number of hydrogen-bond acceptors (Lipinski definition) is 1. The molecule has 0 amide bonds. The third-order valence-corrected chi connectivity index (χ3v) is 4.36. The van der Waals surface area contributed by atoms with Crippen LogP contribution in [0.2, 0.25) is 0 Å². The molecule has 0 aromatic heterocycles. The lowest BCUT2D eigenvalue weighted by molar-refractivity contribution is 0.679. The molecule has 14 heavy (non-hydrogen) atoms. The van der Waals surface area contributed by atoms with Gasteiger partial charge in [0.15, 0.2) is 0 Å². The van der Waals surface area contributed by atoms with Gasteiger partial charge in [0.1, 0.15) is 0 Å². The predicted molar refractivity (Wildman–Crippen MR) is 70.3 cm³/mol. The summed E-state index contributed by atoms with van der Waals surface area (Å²) in [5, 5.41) is 0. The van der Waals surface area contributed by atoms with E-state index in [0.29, 0.717) is 0 Å². The molecule has 0 aliphatic carbocycles. The van der Waals surface area contributed by atoms with Crippen LogP contribution in [0.5, 0.6) is 0 Å². The van der Waals surface area contributed by atoms with E-state index in [1.165, 1.54) is 5.56 Å². The Labute approximate surface area is 102 Å². The van der Waals surface area contributed by atoms with Crippen molar-refractivity contribution in [3.63, 3.8) is 0 Å². The Hall–Kier alpha value is 0.1000. The Bertz CT molecular complexity index is 295. The van der Waals surface area contributed by atoms with E-state index in [1.54, 1.807) is 0 Å². The fourth-order valence-corrected chi connectivity index (χ4v) is 2.86. The van der Waals surface area contributed by atoms with Crippen molar-refractivity contribution in [1.82, 2.24) is 0 Å². The maximum absolute atomic E-state index is 11.7. The number of rotatable bonds is 5. The molecule has 0 radical (unpaired) electrons. The summed E-state index contributed by atoms with van der Waals surface area (Å²) in [6.45, 7) is 2.12. The van der Waals surface area contributed by atoms with Crippen molar-refractivity contribution in [2.75, 3.05) is 5.75 Å². The molecule has 1 unspecified atom stereocenters. The molecular formula is C11H15IOS. The molecular weight excluding hydrogens is 307 g/mol. The lowest BCUT2D eigenvalue weighted by Crippen LogP contribution is -1.97. The largest absolute Gasteiger partial charge is 0.254 e. The van der Waals surface area contributed by atoms with Gasteiger partial charge in [0, 0.05) is 15.1 Å². The van der Waals surface area contributed by atoms with Crippen molar-refractivity contribution in [2.24, 2.45) is 0 Å². The lowest BCUT2D eigenvalue weighted by Gasteiger charge is -2.02. The van der Waals surface area contributed by atoms with Crippen LogP contribution in [0.4, 0.5) is 0 Å². The summed E-state index contributed by atoms with van der Waals surface area (Å²) in [7, 11) is -0.796. The van der Waals surface area contributed by atoms with Crippen molar-refractivity contribution in [3.8, 4) is 0 Å². The second-order valence-corrected chi connectivity index (χ2v) is 5.51. The molecule has 1 nitrogen and oxygen atoms in total. The standard InChI is InChI=1S/C11H15IOS/c1-2-3-8-14(13)11-6-4-10(9-12)5-7-11/h4-7H,2-3,8-9H2,1H3. The molecule has 0 aliphatic heterocycles. The molecule has 0 spiro atoms. The summed E-state index contributed by atoms with van der Waals surface area (Å²) in [4.78, 5) is 0.965. The van der Waals surface area contributed by atoms with E-state index in [1.807, 2.05) is 12.1 Å². The molecule has 3 heteroatoms. The van der Waals surface area contributed by atoms with Gasteiger partial charge in [-0.2, -0.15) is 0 Å². The number of halogens is 1.